The minimum Gasteiger partial charge on any atom is -1.00 e. The number of hydrogen-bond acceptors (Lipinski definition) is 0. The summed E-state index contributed by atoms with van der Waals surface area (Å²) >= 11 is 3.41. The van der Waals surface area contributed by atoms with Gasteiger partial charge in [-0.1, -0.05) is 46.3 Å². The average molecular weight is 225 g/mol. The molecule has 0 spiro atoms. The Morgan fingerprint density at radius 1 is 1.18 bits per heavy atom. The van der Waals surface area contributed by atoms with Crippen LogP contribution in [0.3, 0.4) is 0 Å². The largest absolute Gasteiger partial charge is 2.00 e. The predicted molar refractivity (Wildman–Crippen MR) is 56.5 cm³/mol. The molecule has 1 rings (SSSR count). The molecule has 11 heavy (non-hydrogen) atoms. The molecule has 0 saturated carbocycles. The summed E-state index contributed by atoms with van der Waals surface area (Å²) in [6.45, 7) is 0. The third kappa shape index (κ3) is 4.83. The topological polar surface area (TPSA) is 0 Å². The standard InChI is InChI=1S/C9H11Br.Mg.2H/c10-8-4-7-9-5-2-1-3-6-9;;;/h1-3,5-6H,4,7-8H2;;;/q;+2;2*-1. The van der Waals surface area contributed by atoms with Crippen LogP contribution in [0, 0.1) is 0 Å². The molecule has 0 fully saturated rings. The van der Waals surface area contributed by atoms with Crippen LogP contribution in [-0.4, -0.2) is 28.4 Å². The first-order valence-corrected chi connectivity index (χ1v) is 4.65. The summed E-state index contributed by atoms with van der Waals surface area (Å²) in [6.07, 6.45) is 2.41. The minimum absolute atomic E-state index is 0. The maximum absolute atomic E-state index is 3.41. The Bertz CT molecular complexity index is 182. The molecular weight excluding hydrogens is 212 g/mol. The quantitative estimate of drug-likeness (QED) is 0.548. The van der Waals surface area contributed by atoms with Crippen molar-refractivity contribution in [2.45, 2.75) is 12.8 Å². The van der Waals surface area contributed by atoms with Gasteiger partial charge >= 0.3 is 23.1 Å². The number of aryl methyl sites for hydroxylation is 1. The van der Waals surface area contributed by atoms with E-state index in [1.165, 1.54) is 18.4 Å². The van der Waals surface area contributed by atoms with Crippen LogP contribution in [-0.2, 0) is 6.42 Å². The van der Waals surface area contributed by atoms with E-state index in [9.17, 15) is 0 Å². The Balaban J connectivity index is -0.000000333. The summed E-state index contributed by atoms with van der Waals surface area (Å²) in [6, 6.07) is 10.6. The molecule has 0 aromatic heterocycles. The molecule has 0 amide bonds. The van der Waals surface area contributed by atoms with E-state index in [4.69, 9.17) is 0 Å². The van der Waals surface area contributed by atoms with Crippen molar-refractivity contribution in [2.24, 2.45) is 0 Å². The molecule has 0 bridgehead atoms. The summed E-state index contributed by atoms with van der Waals surface area (Å²) in [5.74, 6) is 0. The van der Waals surface area contributed by atoms with Crippen molar-refractivity contribution in [3.63, 3.8) is 0 Å². The van der Waals surface area contributed by atoms with Crippen molar-refractivity contribution in [3.8, 4) is 0 Å². The Morgan fingerprint density at radius 3 is 2.36 bits per heavy atom. The second-order valence-corrected chi connectivity index (χ2v) is 3.07. The summed E-state index contributed by atoms with van der Waals surface area (Å²) in [5.41, 5.74) is 1.43. The van der Waals surface area contributed by atoms with Gasteiger partial charge in [0, 0.05) is 5.33 Å². The second-order valence-electron chi connectivity index (χ2n) is 2.28. The van der Waals surface area contributed by atoms with E-state index in [1.54, 1.807) is 0 Å². The fraction of sp³-hybridized carbons (Fsp3) is 0.333. The normalized spacial score (nSPS) is 8.82. The zero-order valence-corrected chi connectivity index (χ0v) is 9.59. The fourth-order valence-electron chi connectivity index (χ4n) is 0.916. The van der Waals surface area contributed by atoms with E-state index < -0.39 is 0 Å². The molecule has 0 N–H and O–H groups in total. The number of benzene rings is 1. The average Bonchev–Trinajstić information content (AvgIpc) is 2.03. The molecule has 0 aliphatic heterocycles. The Morgan fingerprint density at radius 2 is 1.82 bits per heavy atom. The van der Waals surface area contributed by atoms with E-state index in [1.807, 2.05) is 0 Å². The van der Waals surface area contributed by atoms with Crippen molar-refractivity contribution >= 4 is 39.0 Å². The zero-order chi connectivity index (χ0) is 7.23. The van der Waals surface area contributed by atoms with Gasteiger partial charge in [-0.25, -0.2) is 0 Å². The molecule has 58 valence electrons. The molecule has 0 aliphatic rings. The van der Waals surface area contributed by atoms with Gasteiger partial charge in [0.1, 0.15) is 0 Å². The molecule has 1 aromatic carbocycles. The van der Waals surface area contributed by atoms with Gasteiger partial charge in [0.25, 0.3) is 0 Å². The zero-order valence-electron chi connectivity index (χ0n) is 8.59. The smallest absolute Gasteiger partial charge is 1.00 e. The van der Waals surface area contributed by atoms with Gasteiger partial charge in [-0.2, -0.15) is 0 Å². The van der Waals surface area contributed by atoms with Crippen LogP contribution in [0.1, 0.15) is 14.8 Å². The molecule has 0 heterocycles. The van der Waals surface area contributed by atoms with Crippen LogP contribution in [0.15, 0.2) is 30.3 Å². The monoisotopic (exact) mass is 224 g/mol. The van der Waals surface area contributed by atoms with Crippen LogP contribution < -0.4 is 0 Å². The number of halogens is 1. The molecule has 0 nitrogen and oxygen atoms in total. The molecule has 0 unspecified atom stereocenters. The van der Waals surface area contributed by atoms with Crippen molar-refractivity contribution in [2.75, 3.05) is 5.33 Å². The van der Waals surface area contributed by atoms with Gasteiger partial charge in [0.05, 0.1) is 0 Å². The Kier molecular flexibility index (Phi) is 7.44. The molecule has 0 saturated heterocycles. The third-order valence-electron chi connectivity index (χ3n) is 1.44. The number of alkyl halides is 1. The van der Waals surface area contributed by atoms with Crippen LogP contribution in [0.4, 0.5) is 0 Å². The number of hydrogen-bond donors (Lipinski definition) is 0. The molecule has 1 aromatic rings. The Hall–Kier alpha value is 0.466. The molecule has 0 radical (unpaired) electrons. The first-order chi connectivity index (χ1) is 4.93. The first kappa shape index (κ1) is 11.5. The van der Waals surface area contributed by atoms with Crippen LogP contribution in [0.5, 0.6) is 0 Å². The first-order valence-electron chi connectivity index (χ1n) is 3.53. The van der Waals surface area contributed by atoms with E-state index >= 15 is 0 Å². The van der Waals surface area contributed by atoms with Crippen LogP contribution >= 0.6 is 15.9 Å². The molecule has 0 aliphatic carbocycles. The summed E-state index contributed by atoms with van der Waals surface area (Å²) < 4.78 is 0. The third-order valence-corrected chi connectivity index (χ3v) is 2.00. The van der Waals surface area contributed by atoms with Crippen molar-refractivity contribution < 1.29 is 2.85 Å². The predicted octanol–water partition coefficient (Wildman–Crippen LogP) is 2.86. The van der Waals surface area contributed by atoms with Crippen molar-refractivity contribution in [1.82, 2.24) is 0 Å². The van der Waals surface area contributed by atoms with Crippen molar-refractivity contribution in [3.05, 3.63) is 35.9 Å². The number of rotatable bonds is 3. The van der Waals surface area contributed by atoms with E-state index in [0.717, 1.165) is 5.33 Å². The Labute approximate surface area is 95.6 Å². The van der Waals surface area contributed by atoms with Crippen LogP contribution in [0.2, 0.25) is 0 Å². The van der Waals surface area contributed by atoms with Gasteiger partial charge in [0.15, 0.2) is 0 Å². The van der Waals surface area contributed by atoms with Gasteiger partial charge in [-0.05, 0) is 18.4 Å². The van der Waals surface area contributed by atoms with Crippen LogP contribution in [0.25, 0.3) is 0 Å². The summed E-state index contributed by atoms with van der Waals surface area (Å²) in [7, 11) is 0. The van der Waals surface area contributed by atoms with E-state index in [-0.39, 0.29) is 25.9 Å². The summed E-state index contributed by atoms with van der Waals surface area (Å²) in [5, 5.41) is 1.10. The van der Waals surface area contributed by atoms with Gasteiger partial charge in [0.2, 0.25) is 0 Å². The minimum atomic E-state index is 0. The SMILES string of the molecule is BrCCCc1ccccc1.[H-].[H-].[Mg+2]. The molecule has 0 atom stereocenters. The van der Waals surface area contributed by atoms with Gasteiger partial charge in [-0.3, -0.25) is 0 Å². The fourth-order valence-corrected chi connectivity index (χ4v) is 1.20. The van der Waals surface area contributed by atoms with E-state index in [0.29, 0.717) is 0 Å². The molecule has 2 heteroatoms. The maximum Gasteiger partial charge on any atom is 2.00 e. The maximum atomic E-state index is 3.41. The van der Waals surface area contributed by atoms with Gasteiger partial charge in [-0.15, -0.1) is 0 Å². The second kappa shape index (κ2) is 7.13. The van der Waals surface area contributed by atoms with E-state index in [2.05, 4.69) is 46.3 Å². The van der Waals surface area contributed by atoms with Gasteiger partial charge < -0.3 is 2.85 Å². The van der Waals surface area contributed by atoms with Crippen molar-refractivity contribution in [1.29, 1.82) is 0 Å². The molecular formula is C9H13BrMg. The summed E-state index contributed by atoms with van der Waals surface area (Å²) in [4.78, 5) is 0.